The van der Waals surface area contributed by atoms with Gasteiger partial charge in [0, 0.05) is 22.5 Å². The van der Waals surface area contributed by atoms with Gasteiger partial charge in [-0.15, -0.1) is 0 Å². The number of furan rings is 1. The van der Waals surface area contributed by atoms with E-state index in [9.17, 15) is 0 Å². The van der Waals surface area contributed by atoms with Gasteiger partial charge in [0.1, 0.15) is 11.2 Å². The Morgan fingerprint density at radius 2 is 1.91 bits per heavy atom. The number of fused-ring (bicyclic) bond motifs is 3. The quantitative estimate of drug-likeness (QED) is 0.594. The number of para-hydroxylation sites is 1. The van der Waals surface area contributed by atoms with E-state index < -0.39 is 8.07 Å². The molecule has 0 fully saturated rings. The van der Waals surface area contributed by atoms with E-state index in [0.717, 1.165) is 35.3 Å². The van der Waals surface area contributed by atoms with Crippen LogP contribution in [0.1, 0.15) is 18.4 Å². The van der Waals surface area contributed by atoms with Gasteiger partial charge in [0.25, 0.3) is 0 Å². The maximum absolute atomic E-state index is 6.29. The fourth-order valence-corrected chi connectivity index (χ4v) is 4.35. The number of allylic oxidation sites excluding steroid dienone is 1. The van der Waals surface area contributed by atoms with Crippen molar-refractivity contribution >= 4 is 40.9 Å². The third-order valence-corrected chi connectivity index (χ3v) is 6.60. The summed E-state index contributed by atoms with van der Waals surface area (Å²) in [7, 11) is -1.34. The van der Waals surface area contributed by atoms with Gasteiger partial charge in [0.05, 0.1) is 13.8 Å². The van der Waals surface area contributed by atoms with Crippen LogP contribution in [0.15, 0.2) is 58.1 Å². The predicted molar refractivity (Wildman–Crippen MR) is 102 cm³/mol. The number of hydrogen-bond donors (Lipinski definition) is 0. The van der Waals surface area contributed by atoms with Crippen molar-refractivity contribution in [3.8, 4) is 0 Å². The van der Waals surface area contributed by atoms with Crippen LogP contribution in [0.2, 0.25) is 19.6 Å². The molecule has 0 atom stereocenters. The zero-order chi connectivity index (χ0) is 16.0. The first-order valence-electron chi connectivity index (χ1n) is 8.22. The molecule has 0 unspecified atom stereocenters. The van der Waals surface area contributed by atoms with E-state index in [1.165, 1.54) is 16.0 Å². The lowest BCUT2D eigenvalue weighted by atomic mass is 10.0. The lowest BCUT2D eigenvalue weighted by Gasteiger charge is -2.15. The van der Waals surface area contributed by atoms with Crippen LogP contribution in [-0.2, 0) is 0 Å². The summed E-state index contributed by atoms with van der Waals surface area (Å²) < 4.78 is 6.29. The first-order chi connectivity index (χ1) is 11.0. The second-order valence-corrected chi connectivity index (χ2v) is 12.3. The van der Waals surface area contributed by atoms with Gasteiger partial charge in [0.2, 0.25) is 0 Å². The van der Waals surface area contributed by atoms with Gasteiger partial charge in [-0.05, 0) is 25.0 Å². The molecule has 0 saturated carbocycles. The zero-order valence-electron chi connectivity index (χ0n) is 13.9. The molecule has 0 bridgehead atoms. The molecule has 116 valence electrons. The molecule has 0 N–H and O–H groups in total. The first kappa shape index (κ1) is 14.5. The van der Waals surface area contributed by atoms with Crippen molar-refractivity contribution < 1.29 is 4.42 Å². The molecular weight excluding hydrogens is 298 g/mol. The van der Waals surface area contributed by atoms with E-state index in [2.05, 4.69) is 67.1 Å². The van der Waals surface area contributed by atoms with E-state index in [0.29, 0.717) is 0 Å². The van der Waals surface area contributed by atoms with E-state index in [4.69, 9.17) is 4.42 Å². The Morgan fingerprint density at radius 3 is 2.65 bits per heavy atom. The third-order valence-electron chi connectivity index (χ3n) is 4.56. The van der Waals surface area contributed by atoms with Crippen molar-refractivity contribution in [2.24, 2.45) is 4.99 Å². The Bertz CT molecular complexity index is 957. The van der Waals surface area contributed by atoms with Crippen LogP contribution in [0.4, 0.5) is 0 Å². The molecule has 0 aliphatic carbocycles. The lowest BCUT2D eigenvalue weighted by Crippen LogP contribution is -2.37. The molecule has 1 aliphatic heterocycles. The van der Waals surface area contributed by atoms with Crippen LogP contribution in [0.5, 0.6) is 0 Å². The number of hydrogen-bond acceptors (Lipinski definition) is 2. The summed E-state index contributed by atoms with van der Waals surface area (Å²) in [6.45, 7) is 7.10. The van der Waals surface area contributed by atoms with Crippen LogP contribution < -0.4 is 5.19 Å². The summed E-state index contributed by atoms with van der Waals surface area (Å²) in [5.41, 5.74) is 4.24. The van der Waals surface area contributed by atoms with Crippen molar-refractivity contribution in [1.82, 2.24) is 0 Å². The molecule has 0 saturated heterocycles. The first-order valence-corrected chi connectivity index (χ1v) is 11.7. The number of benzene rings is 2. The smallest absolute Gasteiger partial charge is 0.144 e. The Morgan fingerprint density at radius 1 is 1.04 bits per heavy atom. The highest BCUT2D eigenvalue weighted by atomic mass is 28.3. The highest BCUT2D eigenvalue weighted by Gasteiger charge is 2.19. The summed E-state index contributed by atoms with van der Waals surface area (Å²) in [4.78, 5) is 4.56. The minimum atomic E-state index is -1.34. The Labute approximate surface area is 137 Å². The van der Waals surface area contributed by atoms with Gasteiger partial charge in [-0.3, -0.25) is 4.99 Å². The maximum Gasteiger partial charge on any atom is 0.144 e. The van der Waals surface area contributed by atoms with Crippen molar-refractivity contribution in [3.63, 3.8) is 0 Å². The lowest BCUT2D eigenvalue weighted by molar-refractivity contribution is 0.668. The van der Waals surface area contributed by atoms with Crippen LogP contribution >= 0.6 is 0 Å². The molecule has 2 heterocycles. The molecule has 0 spiro atoms. The molecule has 1 aliphatic rings. The molecule has 3 heteroatoms. The van der Waals surface area contributed by atoms with Crippen LogP contribution in [-0.4, -0.2) is 13.8 Å². The minimum Gasteiger partial charge on any atom is -0.455 e. The van der Waals surface area contributed by atoms with E-state index in [1.807, 2.05) is 6.20 Å². The number of rotatable bonds is 2. The van der Waals surface area contributed by atoms with Gasteiger partial charge in [-0.2, -0.15) is 0 Å². The van der Waals surface area contributed by atoms with E-state index in [1.54, 1.807) is 0 Å². The van der Waals surface area contributed by atoms with Gasteiger partial charge in [-0.25, -0.2) is 0 Å². The highest BCUT2D eigenvalue weighted by Crippen LogP contribution is 2.32. The van der Waals surface area contributed by atoms with Gasteiger partial charge < -0.3 is 4.42 Å². The van der Waals surface area contributed by atoms with Gasteiger partial charge in [0.15, 0.2) is 0 Å². The molecule has 0 amide bonds. The van der Waals surface area contributed by atoms with Gasteiger partial charge >= 0.3 is 0 Å². The standard InChI is InChI=1S/C20H21NOSi/c1-23(2,3)14-10-11-15-16-7-6-8-17(18-9-4-5-12-21-18)20(16)22-19(15)13-14/h5-8,10-13H,4,9H2,1-3H3. The number of aliphatic imine (C=N–C) groups is 1. The summed E-state index contributed by atoms with van der Waals surface area (Å²) >= 11 is 0. The van der Waals surface area contributed by atoms with Gasteiger partial charge in [-0.1, -0.05) is 55.2 Å². The normalized spacial score (nSPS) is 15.3. The fourth-order valence-electron chi connectivity index (χ4n) is 3.20. The fraction of sp³-hybridized carbons (Fsp3) is 0.250. The summed E-state index contributed by atoms with van der Waals surface area (Å²) in [6.07, 6.45) is 6.05. The van der Waals surface area contributed by atoms with Crippen molar-refractivity contribution in [2.75, 3.05) is 0 Å². The zero-order valence-corrected chi connectivity index (χ0v) is 14.9. The Hall–Kier alpha value is -2.13. The van der Waals surface area contributed by atoms with Crippen LogP contribution in [0.3, 0.4) is 0 Å². The summed E-state index contributed by atoms with van der Waals surface area (Å²) in [5.74, 6) is 0. The molecule has 0 radical (unpaired) electrons. The molecule has 2 nitrogen and oxygen atoms in total. The highest BCUT2D eigenvalue weighted by molar-refractivity contribution is 6.88. The second kappa shape index (κ2) is 5.20. The monoisotopic (exact) mass is 319 g/mol. The molecular formula is C20H21NOSi. The minimum absolute atomic E-state index is 0.976. The predicted octanol–water partition coefficient (Wildman–Crippen LogP) is 5.23. The summed E-state index contributed by atoms with van der Waals surface area (Å²) in [5, 5.41) is 3.83. The summed E-state index contributed by atoms with van der Waals surface area (Å²) in [6, 6.07) is 13.1. The maximum atomic E-state index is 6.29. The van der Waals surface area contributed by atoms with Crippen molar-refractivity contribution in [2.45, 2.75) is 32.5 Å². The SMILES string of the molecule is C[Si](C)(C)c1ccc2c(c1)oc1c(C3=NC=CCC3)cccc12. The van der Waals surface area contributed by atoms with Crippen molar-refractivity contribution in [3.05, 3.63) is 54.2 Å². The number of nitrogens with zero attached hydrogens (tertiary/aromatic N) is 1. The molecule has 23 heavy (non-hydrogen) atoms. The third kappa shape index (κ3) is 2.45. The molecule has 3 aromatic rings. The second-order valence-electron chi connectivity index (χ2n) is 7.24. The average Bonchev–Trinajstić information content (AvgIpc) is 2.92. The van der Waals surface area contributed by atoms with E-state index >= 15 is 0 Å². The molecule has 1 aromatic heterocycles. The van der Waals surface area contributed by atoms with E-state index in [-0.39, 0.29) is 0 Å². The average molecular weight is 319 g/mol. The van der Waals surface area contributed by atoms with Crippen molar-refractivity contribution in [1.29, 1.82) is 0 Å². The molecule has 2 aromatic carbocycles. The Kier molecular flexibility index (Phi) is 3.27. The molecule has 4 rings (SSSR count). The Balaban J connectivity index is 1.97. The topological polar surface area (TPSA) is 25.5 Å². The van der Waals surface area contributed by atoms with Crippen LogP contribution in [0.25, 0.3) is 21.9 Å². The van der Waals surface area contributed by atoms with Crippen LogP contribution in [0, 0.1) is 0 Å². The largest absolute Gasteiger partial charge is 0.455 e.